The minimum absolute atomic E-state index is 0.0606. The SMILES string of the molecule is Cc1c(-c2cc3cc(Nc4cc5n(n4)CC(=O)N(C)CC5)ncc3c(N)n2)ccc2c1NCCC2. The van der Waals surface area contributed by atoms with Gasteiger partial charge in [-0.2, -0.15) is 5.10 Å². The summed E-state index contributed by atoms with van der Waals surface area (Å²) < 4.78 is 1.77. The summed E-state index contributed by atoms with van der Waals surface area (Å²) in [6.07, 6.45) is 4.76. The molecule has 0 unspecified atom stereocenters. The molecule has 0 spiro atoms. The molecule has 0 atom stereocenters. The van der Waals surface area contributed by atoms with Crippen LogP contribution in [0.2, 0.25) is 0 Å². The topological polar surface area (TPSA) is 114 Å². The lowest BCUT2D eigenvalue weighted by Crippen LogP contribution is -2.29. The lowest BCUT2D eigenvalue weighted by atomic mass is 9.94. The number of carbonyl (C=O) groups is 1. The Morgan fingerprint density at radius 2 is 2.03 bits per heavy atom. The molecule has 1 amide bonds. The lowest BCUT2D eigenvalue weighted by Gasteiger charge is -2.22. The Hall–Kier alpha value is -4.14. The van der Waals surface area contributed by atoms with Gasteiger partial charge >= 0.3 is 0 Å². The van der Waals surface area contributed by atoms with E-state index in [0.29, 0.717) is 24.0 Å². The van der Waals surface area contributed by atoms with Crippen molar-refractivity contribution in [2.75, 3.05) is 36.5 Å². The van der Waals surface area contributed by atoms with Crippen LogP contribution in [0.25, 0.3) is 22.0 Å². The Morgan fingerprint density at radius 3 is 2.91 bits per heavy atom. The van der Waals surface area contributed by atoms with E-state index in [-0.39, 0.29) is 12.5 Å². The van der Waals surface area contributed by atoms with Crippen molar-refractivity contribution in [2.24, 2.45) is 0 Å². The normalized spacial score (nSPS) is 15.4. The van der Waals surface area contributed by atoms with Crippen LogP contribution in [-0.2, 0) is 24.2 Å². The second-order valence-corrected chi connectivity index (χ2v) is 9.35. The largest absolute Gasteiger partial charge is 0.385 e. The second kappa shape index (κ2) is 8.26. The monoisotopic (exact) mass is 468 g/mol. The van der Waals surface area contributed by atoms with E-state index in [2.05, 4.69) is 45.8 Å². The highest BCUT2D eigenvalue weighted by Gasteiger charge is 2.20. The molecule has 0 bridgehead atoms. The minimum atomic E-state index is 0.0606. The van der Waals surface area contributed by atoms with Crippen molar-refractivity contribution in [3.05, 3.63) is 53.3 Å². The molecule has 5 heterocycles. The Morgan fingerprint density at radius 1 is 1.14 bits per heavy atom. The zero-order valence-corrected chi connectivity index (χ0v) is 19.9. The summed E-state index contributed by atoms with van der Waals surface area (Å²) in [5.41, 5.74) is 13.1. The van der Waals surface area contributed by atoms with E-state index in [9.17, 15) is 4.79 Å². The van der Waals surface area contributed by atoms with Crippen LogP contribution in [0.4, 0.5) is 23.1 Å². The first-order valence-corrected chi connectivity index (χ1v) is 12.0. The van der Waals surface area contributed by atoms with Crippen LogP contribution in [-0.4, -0.2) is 50.7 Å². The summed E-state index contributed by atoms with van der Waals surface area (Å²) in [7, 11) is 1.82. The molecule has 3 aromatic heterocycles. The molecule has 4 aromatic rings. The number of aromatic nitrogens is 4. The average Bonchev–Trinajstić information content (AvgIpc) is 3.17. The van der Waals surface area contributed by atoms with Gasteiger partial charge in [0.1, 0.15) is 18.2 Å². The van der Waals surface area contributed by atoms with E-state index in [1.807, 2.05) is 19.2 Å². The van der Waals surface area contributed by atoms with Crippen LogP contribution in [0, 0.1) is 6.92 Å². The minimum Gasteiger partial charge on any atom is -0.385 e. The van der Waals surface area contributed by atoms with Gasteiger partial charge in [-0.05, 0) is 48.4 Å². The highest BCUT2D eigenvalue weighted by Crippen LogP contribution is 2.35. The van der Waals surface area contributed by atoms with Gasteiger partial charge in [0.2, 0.25) is 5.91 Å². The van der Waals surface area contributed by atoms with Gasteiger partial charge in [0.15, 0.2) is 5.82 Å². The van der Waals surface area contributed by atoms with Crippen molar-refractivity contribution in [2.45, 2.75) is 32.7 Å². The maximum atomic E-state index is 12.2. The fourth-order valence-electron chi connectivity index (χ4n) is 5.01. The van der Waals surface area contributed by atoms with Crippen molar-refractivity contribution in [1.29, 1.82) is 0 Å². The third kappa shape index (κ3) is 3.82. The number of benzene rings is 1. The van der Waals surface area contributed by atoms with Crippen LogP contribution < -0.4 is 16.4 Å². The van der Waals surface area contributed by atoms with Crippen LogP contribution >= 0.6 is 0 Å². The number of anilines is 4. The Bertz CT molecular complexity index is 1470. The van der Waals surface area contributed by atoms with Crippen LogP contribution in [0.1, 0.15) is 23.2 Å². The predicted octanol–water partition coefficient (Wildman–Crippen LogP) is 3.50. The van der Waals surface area contributed by atoms with Gasteiger partial charge in [0.05, 0.1) is 5.69 Å². The van der Waals surface area contributed by atoms with E-state index in [1.165, 1.54) is 16.8 Å². The van der Waals surface area contributed by atoms with Crippen molar-refractivity contribution in [1.82, 2.24) is 24.6 Å². The number of amides is 1. The standard InChI is InChI=1S/C26H28N8O/c1-15-19(6-5-16-4-3-8-28-25(15)16)21-10-17-11-22(29-13-20(17)26(27)30-21)31-23-12-18-7-9-33(2)24(35)14-34(18)32-23/h5-6,10-13,28H,3-4,7-9,14H2,1-2H3,(H2,27,30)(H,29,31,32). The highest BCUT2D eigenvalue weighted by atomic mass is 16.2. The number of nitrogens with two attached hydrogens (primary N) is 1. The highest BCUT2D eigenvalue weighted by molar-refractivity contribution is 5.95. The number of pyridine rings is 2. The van der Waals surface area contributed by atoms with Gasteiger partial charge in [-0.25, -0.2) is 9.97 Å². The smallest absolute Gasteiger partial charge is 0.244 e. The number of nitrogen functional groups attached to an aromatic ring is 1. The van der Waals surface area contributed by atoms with Gasteiger partial charge < -0.3 is 21.3 Å². The molecule has 0 aliphatic carbocycles. The molecule has 6 rings (SSSR count). The summed E-state index contributed by atoms with van der Waals surface area (Å²) in [6, 6.07) is 10.3. The molecule has 0 saturated carbocycles. The summed E-state index contributed by atoms with van der Waals surface area (Å²) in [5.74, 6) is 1.85. The molecule has 35 heavy (non-hydrogen) atoms. The first-order chi connectivity index (χ1) is 17.0. The number of nitrogens with zero attached hydrogens (tertiary/aromatic N) is 5. The second-order valence-electron chi connectivity index (χ2n) is 9.35. The van der Waals surface area contributed by atoms with E-state index in [0.717, 1.165) is 53.5 Å². The van der Waals surface area contributed by atoms with Gasteiger partial charge in [0, 0.05) is 61.2 Å². The number of nitrogens with one attached hydrogen (secondary N) is 2. The molecular formula is C26H28N8O. The summed E-state index contributed by atoms with van der Waals surface area (Å²) in [5, 5.41) is 13.2. The fourth-order valence-corrected chi connectivity index (χ4v) is 5.01. The van der Waals surface area contributed by atoms with Crippen LogP contribution in [0.3, 0.4) is 0 Å². The Kier molecular flexibility index (Phi) is 5.05. The molecule has 9 nitrogen and oxygen atoms in total. The first-order valence-electron chi connectivity index (χ1n) is 12.0. The maximum Gasteiger partial charge on any atom is 0.244 e. The van der Waals surface area contributed by atoms with Crippen molar-refractivity contribution >= 4 is 39.8 Å². The first kappa shape index (κ1) is 21.4. The molecule has 0 saturated heterocycles. The molecule has 4 N–H and O–H groups in total. The lowest BCUT2D eigenvalue weighted by molar-refractivity contribution is -0.130. The zero-order valence-electron chi connectivity index (χ0n) is 19.9. The molecule has 9 heteroatoms. The number of carbonyl (C=O) groups excluding carboxylic acids is 1. The van der Waals surface area contributed by atoms with E-state index < -0.39 is 0 Å². The molecule has 178 valence electrons. The number of hydrogen-bond donors (Lipinski definition) is 3. The van der Waals surface area contributed by atoms with Gasteiger partial charge in [-0.1, -0.05) is 12.1 Å². The summed E-state index contributed by atoms with van der Waals surface area (Å²) in [6.45, 7) is 4.07. The van der Waals surface area contributed by atoms with Crippen molar-refractivity contribution in [3.63, 3.8) is 0 Å². The van der Waals surface area contributed by atoms with Gasteiger partial charge in [0.25, 0.3) is 0 Å². The van der Waals surface area contributed by atoms with Crippen LogP contribution in [0.5, 0.6) is 0 Å². The molecular weight excluding hydrogens is 440 g/mol. The summed E-state index contributed by atoms with van der Waals surface area (Å²) >= 11 is 0. The molecule has 2 aliphatic rings. The number of rotatable bonds is 3. The third-order valence-electron chi connectivity index (χ3n) is 7.03. The van der Waals surface area contributed by atoms with Gasteiger partial charge in [-0.15, -0.1) is 0 Å². The number of fused-ring (bicyclic) bond motifs is 3. The van der Waals surface area contributed by atoms with Gasteiger partial charge in [-0.3, -0.25) is 9.48 Å². The number of hydrogen-bond acceptors (Lipinski definition) is 7. The van der Waals surface area contributed by atoms with Crippen LogP contribution in [0.15, 0.2) is 36.5 Å². The molecule has 0 fully saturated rings. The molecule has 0 radical (unpaired) electrons. The van der Waals surface area contributed by atoms with Crippen molar-refractivity contribution in [3.8, 4) is 11.3 Å². The number of aryl methyl sites for hydroxylation is 1. The fraction of sp³-hybridized carbons (Fsp3) is 0.308. The quantitative estimate of drug-likeness (QED) is 0.422. The van der Waals surface area contributed by atoms with E-state index >= 15 is 0 Å². The molecule has 2 aliphatic heterocycles. The molecule has 1 aromatic carbocycles. The van der Waals surface area contributed by atoms with Crippen molar-refractivity contribution < 1.29 is 4.79 Å². The Balaban J connectivity index is 1.33. The number of likely N-dealkylation sites (N-methyl/N-ethyl adjacent to an activating group) is 1. The van der Waals surface area contributed by atoms with E-state index in [1.54, 1.807) is 15.8 Å². The Labute approximate surface area is 203 Å². The zero-order chi connectivity index (χ0) is 24.1. The summed E-state index contributed by atoms with van der Waals surface area (Å²) in [4.78, 5) is 23.2. The third-order valence-corrected chi connectivity index (χ3v) is 7.03. The maximum absolute atomic E-state index is 12.2. The average molecular weight is 469 g/mol. The van der Waals surface area contributed by atoms with E-state index in [4.69, 9.17) is 10.7 Å². The predicted molar refractivity (Wildman–Crippen MR) is 138 cm³/mol.